The Morgan fingerprint density at radius 2 is 1.25 bits per heavy atom. The van der Waals surface area contributed by atoms with E-state index in [0.29, 0.717) is 0 Å². The van der Waals surface area contributed by atoms with Crippen LogP contribution in [0.5, 0.6) is 0 Å². The number of hydrogen-bond donors (Lipinski definition) is 0. The minimum Gasteiger partial charge on any atom is 0 e. The molecule has 0 aromatic rings. The third kappa shape index (κ3) is 9.65. The molecule has 21 valence electrons. The van der Waals surface area contributed by atoms with E-state index in [0.717, 1.165) is 0 Å². The molecule has 0 fully saturated rings. The quantitative estimate of drug-likeness (QED) is 0.426. The molecule has 0 saturated carbocycles. The molecule has 1 radical (unpaired) electrons. The number of rotatable bonds is 0. The van der Waals surface area contributed by atoms with Crippen LogP contribution in [0.25, 0.3) is 0 Å². The monoisotopic (exact) mass is 175 g/mol. The molecular formula is B2CuZr. The Balaban J connectivity index is 0. The van der Waals surface area contributed by atoms with Gasteiger partial charge in [0.2, 0.25) is 0 Å². The fraction of sp³-hybridized carbons (Fsp3) is 0. The Bertz CT molecular complexity index is 79.2. The van der Waals surface area contributed by atoms with E-state index in [2.05, 4.69) is 0 Å². The Hall–Kier alpha value is 1.53. The van der Waals surface area contributed by atoms with Gasteiger partial charge in [0, 0.05) is 17.1 Å². The van der Waals surface area contributed by atoms with Gasteiger partial charge in [0.1, 0.15) is 0 Å². The molecule has 0 aromatic heterocycles. The summed E-state index contributed by atoms with van der Waals surface area (Å²) in [5, 5.41) is 0. The van der Waals surface area contributed by atoms with Gasteiger partial charge in [-0.05, 0) is 0 Å². The molecule has 0 aliphatic heterocycles. The van der Waals surface area contributed by atoms with Crippen molar-refractivity contribution in [2.45, 2.75) is 0 Å². The van der Waals surface area contributed by atoms with E-state index in [9.17, 15) is 0 Å². The van der Waals surface area contributed by atoms with E-state index in [1.807, 2.05) is 0 Å². The summed E-state index contributed by atoms with van der Waals surface area (Å²) in [4.78, 5) is 0. The van der Waals surface area contributed by atoms with Crippen molar-refractivity contribution in [2.75, 3.05) is 0 Å². The van der Waals surface area contributed by atoms with Crippen LogP contribution in [0, 0.1) is 0 Å². The molecule has 0 aliphatic rings. The van der Waals surface area contributed by atoms with Crippen molar-refractivity contribution in [3.8, 4) is 0 Å². The van der Waals surface area contributed by atoms with Crippen molar-refractivity contribution in [2.24, 2.45) is 0 Å². The standard InChI is InChI=1S/2B.Cu.Zr. The molecule has 0 rings (SSSR count). The van der Waals surface area contributed by atoms with E-state index in [1.165, 1.54) is 0 Å². The molecule has 0 atom stereocenters. The van der Waals surface area contributed by atoms with Crippen molar-refractivity contribution in [3.05, 3.63) is 0 Å². The normalized spacial score (nSPS) is 6.00. The summed E-state index contributed by atoms with van der Waals surface area (Å²) in [7, 11) is 0. The van der Waals surface area contributed by atoms with Crippen LogP contribution in [0.3, 0.4) is 0 Å². The van der Waals surface area contributed by atoms with Gasteiger partial charge < -0.3 is 0 Å². The number of hydrogen-bond acceptors (Lipinski definition) is 0. The maximum absolute atomic E-state index is 4.80. The summed E-state index contributed by atoms with van der Waals surface area (Å²) in [6, 6.07) is 0. The van der Waals surface area contributed by atoms with Gasteiger partial charge in [-0.1, -0.05) is 0 Å². The summed E-state index contributed by atoms with van der Waals surface area (Å²) in [6.07, 6.45) is 0. The van der Waals surface area contributed by atoms with E-state index in [4.69, 9.17) is 9.45 Å². The summed E-state index contributed by atoms with van der Waals surface area (Å²) >= 11 is -0.770. The SMILES string of the molecule is [B]#[Zr]#[B].[Cu]. The molecule has 0 spiro atoms. The van der Waals surface area contributed by atoms with Gasteiger partial charge in [0.15, 0.2) is 0 Å². The summed E-state index contributed by atoms with van der Waals surface area (Å²) in [5.41, 5.74) is 0. The van der Waals surface area contributed by atoms with E-state index in [-0.39, 0.29) is 17.1 Å². The Morgan fingerprint density at radius 3 is 1.25 bits per heavy atom. The molecule has 0 amide bonds. The van der Waals surface area contributed by atoms with Crippen molar-refractivity contribution in [3.63, 3.8) is 0 Å². The Kier molecular flexibility index (Phi) is 20.1. The molecular weight excluding hydrogens is 176 g/mol. The van der Waals surface area contributed by atoms with Gasteiger partial charge in [0.25, 0.3) is 0 Å². The first-order valence-corrected chi connectivity index (χ1v) is 3.42. The van der Waals surface area contributed by atoms with Crippen LogP contribution in [0.1, 0.15) is 0 Å². The van der Waals surface area contributed by atoms with Crippen LogP contribution in [-0.4, -0.2) is 9.45 Å². The first kappa shape index (κ1) is 9.11. The van der Waals surface area contributed by atoms with E-state index in [1.54, 1.807) is 0 Å². The predicted octanol–water partition coefficient (Wildman–Crippen LogP) is -0.767. The molecule has 0 heterocycles. The summed E-state index contributed by atoms with van der Waals surface area (Å²) in [6.45, 7) is 0. The molecule has 0 nitrogen and oxygen atoms in total. The van der Waals surface area contributed by atoms with Gasteiger partial charge >= 0.3 is 30.8 Å². The average molecular weight is 176 g/mol. The molecule has 0 N–H and O–H groups in total. The van der Waals surface area contributed by atoms with Gasteiger partial charge in [-0.15, -0.1) is 0 Å². The van der Waals surface area contributed by atoms with Crippen LogP contribution < -0.4 is 0 Å². The molecule has 0 unspecified atom stereocenters. The molecule has 0 saturated heterocycles. The van der Waals surface area contributed by atoms with Crippen LogP contribution in [0.2, 0.25) is 0 Å². The van der Waals surface area contributed by atoms with Crippen molar-refractivity contribution in [1.82, 2.24) is 0 Å². The van der Waals surface area contributed by atoms with E-state index >= 15 is 0 Å². The smallest absolute Gasteiger partial charge is 0 e. The average Bonchev–Trinajstić information content (AvgIpc) is 0.918. The zero-order valence-corrected chi connectivity index (χ0v) is 5.36. The molecule has 4 heteroatoms. The largest absolute Gasteiger partial charge is 0 e. The second-order valence-corrected chi connectivity index (χ2v) is 0.986. The van der Waals surface area contributed by atoms with Crippen molar-refractivity contribution >= 4 is 9.45 Å². The van der Waals surface area contributed by atoms with Crippen molar-refractivity contribution < 1.29 is 38.4 Å². The van der Waals surface area contributed by atoms with Gasteiger partial charge in [-0.3, -0.25) is 0 Å². The molecule has 4 heavy (non-hydrogen) atoms. The first-order chi connectivity index (χ1) is 1.41. The molecule has 0 bridgehead atoms. The Morgan fingerprint density at radius 1 is 1.25 bits per heavy atom. The van der Waals surface area contributed by atoms with Crippen LogP contribution in [-0.2, 0) is 38.4 Å². The Labute approximate surface area is 47.6 Å². The summed E-state index contributed by atoms with van der Waals surface area (Å²) in [5.74, 6) is 0. The second kappa shape index (κ2) is 8.82. The van der Waals surface area contributed by atoms with Crippen LogP contribution in [0.4, 0.5) is 0 Å². The van der Waals surface area contributed by atoms with Gasteiger partial charge in [0.05, 0.1) is 0 Å². The molecule has 0 aliphatic carbocycles. The van der Waals surface area contributed by atoms with Crippen LogP contribution in [0.15, 0.2) is 0 Å². The zero-order chi connectivity index (χ0) is 2.71. The predicted molar refractivity (Wildman–Crippen MR) is 11.5 cm³/mol. The zero-order valence-electron chi connectivity index (χ0n) is 1.96. The fourth-order valence-corrected chi connectivity index (χ4v) is 0. The van der Waals surface area contributed by atoms with Gasteiger partial charge in [-0.25, -0.2) is 0 Å². The topological polar surface area (TPSA) is 0 Å². The van der Waals surface area contributed by atoms with E-state index < -0.39 is 21.3 Å². The third-order valence-corrected chi connectivity index (χ3v) is 0. The fourth-order valence-electron chi connectivity index (χ4n) is 0. The van der Waals surface area contributed by atoms with Gasteiger partial charge in [-0.2, -0.15) is 0 Å². The van der Waals surface area contributed by atoms with Crippen LogP contribution >= 0.6 is 0 Å². The van der Waals surface area contributed by atoms with Crippen molar-refractivity contribution in [1.29, 1.82) is 0 Å². The maximum Gasteiger partial charge on any atom is 0 e. The third-order valence-electron chi connectivity index (χ3n) is 0. The minimum atomic E-state index is -0.770. The second-order valence-electron chi connectivity index (χ2n) is 0.167. The molecule has 0 aromatic carbocycles. The first-order valence-electron chi connectivity index (χ1n) is 0.577. The minimum absolute atomic E-state index is 0. The summed E-state index contributed by atoms with van der Waals surface area (Å²) < 4.78 is 9.59. The maximum atomic E-state index is 4.80.